The van der Waals surface area contributed by atoms with Crippen molar-refractivity contribution in [3.05, 3.63) is 49.1 Å². The van der Waals surface area contributed by atoms with Gasteiger partial charge in [0.15, 0.2) is 22.5 Å². The molecule has 188 valence electrons. The molecule has 36 heavy (non-hydrogen) atoms. The molecule has 1 atom stereocenters. The van der Waals surface area contributed by atoms with Crippen LogP contribution < -0.4 is 19.1 Å². The molecule has 0 aliphatic carbocycles. The number of benzene rings is 1. The fourth-order valence-corrected chi connectivity index (χ4v) is 5.61. The summed E-state index contributed by atoms with van der Waals surface area (Å²) in [5, 5.41) is 5.22. The summed E-state index contributed by atoms with van der Waals surface area (Å²) in [7, 11) is 3.35. The highest BCUT2D eigenvalue weighted by Crippen LogP contribution is 2.41. The molecule has 4 aromatic rings. The second-order valence-electron chi connectivity index (χ2n) is 8.09. The monoisotopic (exact) mass is 526 g/mol. The molecule has 1 aromatic carbocycles. The molecule has 12 heteroatoms. The largest absolute Gasteiger partial charge is 0.493 e. The first kappa shape index (κ1) is 24.2. The molecular weight excluding hydrogens is 500 g/mol. The number of nitrogens with zero attached hydrogens (tertiary/aromatic N) is 5. The highest BCUT2D eigenvalue weighted by Gasteiger charge is 2.18. The summed E-state index contributed by atoms with van der Waals surface area (Å²) < 4.78 is 38.8. The quantitative estimate of drug-likeness (QED) is 0.372. The maximum atomic E-state index is 12.9. The number of rotatable bonds is 8. The zero-order valence-corrected chi connectivity index (χ0v) is 21.8. The van der Waals surface area contributed by atoms with Gasteiger partial charge in [-0.25, -0.2) is 4.21 Å². The van der Waals surface area contributed by atoms with Crippen LogP contribution in [0.2, 0.25) is 0 Å². The van der Waals surface area contributed by atoms with E-state index in [-0.39, 0.29) is 0 Å². The minimum atomic E-state index is -1.54. The number of aryl methyl sites for hydroxylation is 1. The molecule has 1 aliphatic rings. The van der Waals surface area contributed by atoms with E-state index in [1.165, 1.54) is 11.5 Å². The van der Waals surface area contributed by atoms with Crippen molar-refractivity contribution in [2.24, 2.45) is 7.05 Å². The van der Waals surface area contributed by atoms with Crippen LogP contribution in [0.25, 0.3) is 22.4 Å². The van der Waals surface area contributed by atoms with Crippen molar-refractivity contribution in [2.45, 2.75) is 4.90 Å². The molecule has 1 unspecified atom stereocenters. The van der Waals surface area contributed by atoms with Gasteiger partial charge in [-0.15, -0.1) is 0 Å². The van der Waals surface area contributed by atoms with Crippen LogP contribution in [0.1, 0.15) is 0 Å². The molecule has 1 saturated heterocycles. The van der Waals surface area contributed by atoms with Gasteiger partial charge in [0.2, 0.25) is 0 Å². The molecule has 1 fully saturated rings. The standard InChI is InChI=1S/C24H26N6O4S2/c1-29-15-19(14-26-29)36(31)28-21-9-16(10-22(32-2)24(21)33-3)17-8-18(13-25-12-17)20-11-23(35-27-20)30-4-6-34-7-5-30/h8-15,28H,4-7H2,1-3H3. The summed E-state index contributed by atoms with van der Waals surface area (Å²) in [5.41, 5.74) is 4.00. The number of pyridine rings is 1. The molecule has 0 spiro atoms. The van der Waals surface area contributed by atoms with E-state index < -0.39 is 11.0 Å². The molecule has 0 saturated carbocycles. The fourth-order valence-electron chi connectivity index (χ4n) is 3.93. The maximum absolute atomic E-state index is 12.9. The van der Waals surface area contributed by atoms with Gasteiger partial charge in [0.25, 0.3) is 0 Å². The van der Waals surface area contributed by atoms with Gasteiger partial charge in [0.1, 0.15) is 5.00 Å². The lowest BCUT2D eigenvalue weighted by molar-refractivity contribution is 0.123. The lowest BCUT2D eigenvalue weighted by atomic mass is 10.0. The van der Waals surface area contributed by atoms with Gasteiger partial charge in [-0.2, -0.15) is 9.47 Å². The number of anilines is 2. The average molecular weight is 527 g/mol. The molecule has 0 bridgehead atoms. The van der Waals surface area contributed by atoms with Crippen LogP contribution in [0.5, 0.6) is 11.5 Å². The smallest absolute Gasteiger partial charge is 0.184 e. The van der Waals surface area contributed by atoms with E-state index in [1.54, 1.807) is 50.7 Å². The summed E-state index contributed by atoms with van der Waals surface area (Å²) in [4.78, 5) is 7.30. The Morgan fingerprint density at radius 1 is 1.03 bits per heavy atom. The first-order valence-electron chi connectivity index (χ1n) is 11.2. The van der Waals surface area contributed by atoms with Crippen LogP contribution in [0.3, 0.4) is 0 Å². The zero-order valence-electron chi connectivity index (χ0n) is 20.1. The topological polar surface area (TPSA) is 104 Å². The van der Waals surface area contributed by atoms with Crippen molar-refractivity contribution in [2.75, 3.05) is 50.1 Å². The van der Waals surface area contributed by atoms with E-state index >= 15 is 0 Å². The number of ether oxygens (including phenoxy) is 3. The summed E-state index contributed by atoms with van der Waals surface area (Å²) >= 11 is 1.48. The Morgan fingerprint density at radius 3 is 2.56 bits per heavy atom. The molecule has 0 amide bonds. The van der Waals surface area contributed by atoms with Crippen LogP contribution in [0.15, 0.2) is 53.9 Å². The third-order valence-electron chi connectivity index (χ3n) is 5.76. The number of aromatic nitrogens is 4. The molecule has 5 rings (SSSR count). The van der Waals surface area contributed by atoms with Gasteiger partial charge in [0, 0.05) is 55.9 Å². The van der Waals surface area contributed by atoms with E-state index in [2.05, 4.69) is 30.1 Å². The van der Waals surface area contributed by atoms with Crippen LogP contribution in [0, 0.1) is 0 Å². The van der Waals surface area contributed by atoms with E-state index in [1.807, 2.05) is 18.2 Å². The second-order valence-corrected chi connectivity index (χ2v) is 10.1. The van der Waals surface area contributed by atoms with Gasteiger partial charge in [-0.1, -0.05) is 0 Å². The molecule has 3 aromatic heterocycles. The fraction of sp³-hybridized carbons (Fsp3) is 0.292. The molecule has 4 heterocycles. The molecule has 1 aliphatic heterocycles. The Kier molecular flexibility index (Phi) is 7.16. The van der Waals surface area contributed by atoms with Gasteiger partial charge >= 0.3 is 0 Å². The summed E-state index contributed by atoms with van der Waals surface area (Å²) in [6, 6.07) is 7.87. The first-order valence-corrected chi connectivity index (χ1v) is 13.2. The van der Waals surface area contributed by atoms with Gasteiger partial charge in [0.05, 0.1) is 49.9 Å². The van der Waals surface area contributed by atoms with Crippen molar-refractivity contribution in [3.8, 4) is 33.9 Å². The Hall–Kier alpha value is -3.48. The normalized spacial score (nSPS) is 14.5. The number of hydrogen-bond donors (Lipinski definition) is 1. The molecular formula is C24H26N6O4S2. The summed E-state index contributed by atoms with van der Waals surface area (Å²) in [5.74, 6) is 0.964. The zero-order chi connectivity index (χ0) is 25.1. The van der Waals surface area contributed by atoms with Crippen molar-refractivity contribution in [3.63, 3.8) is 0 Å². The maximum Gasteiger partial charge on any atom is 0.184 e. The summed E-state index contributed by atoms with van der Waals surface area (Å²) in [6.45, 7) is 3.18. The predicted molar refractivity (Wildman–Crippen MR) is 140 cm³/mol. The minimum Gasteiger partial charge on any atom is -0.493 e. The Bertz CT molecular complexity index is 1380. The first-order chi connectivity index (χ1) is 17.6. The van der Waals surface area contributed by atoms with Gasteiger partial charge in [-0.05, 0) is 35.3 Å². The van der Waals surface area contributed by atoms with Crippen molar-refractivity contribution in [1.29, 1.82) is 0 Å². The third-order valence-corrected chi connectivity index (χ3v) is 7.66. The molecule has 10 nitrogen and oxygen atoms in total. The van der Waals surface area contributed by atoms with Crippen molar-refractivity contribution in [1.82, 2.24) is 19.1 Å². The van der Waals surface area contributed by atoms with E-state index in [0.29, 0.717) is 22.1 Å². The van der Waals surface area contributed by atoms with Crippen LogP contribution in [-0.4, -0.2) is 63.9 Å². The highest BCUT2D eigenvalue weighted by atomic mass is 32.2. The SMILES string of the molecule is COc1cc(-c2cncc(-c3cc(N4CCOCC4)sn3)c2)cc(NS(=O)c2cnn(C)c2)c1OC. The number of nitrogens with one attached hydrogen (secondary N) is 1. The minimum absolute atomic E-state index is 0.456. The van der Waals surface area contributed by atoms with E-state index in [9.17, 15) is 4.21 Å². The third kappa shape index (κ3) is 5.06. The molecule has 0 radical (unpaired) electrons. The Balaban J connectivity index is 1.47. The van der Waals surface area contributed by atoms with Crippen molar-refractivity contribution < 1.29 is 18.4 Å². The Morgan fingerprint density at radius 2 is 1.83 bits per heavy atom. The van der Waals surface area contributed by atoms with Crippen molar-refractivity contribution >= 4 is 33.2 Å². The Labute approximate surface area is 215 Å². The average Bonchev–Trinajstić information content (AvgIpc) is 3.58. The van der Waals surface area contributed by atoms with Crippen LogP contribution in [-0.2, 0) is 22.8 Å². The predicted octanol–water partition coefficient (Wildman–Crippen LogP) is 3.59. The van der Waals surface area contributed by atoms with Gasteiger partial charge in [-0.3, -0.25) is 14.4 Å². The summed E-state index contributed by atoms with van der Waals surface area (Å²) in [6.07, 6.45) is 6.84. The lowest BCUT2D eigenvalue weighted by Gasteiger charge is -2.26. The van der Waals surface area contributed by atoms with E-state index in [4.69, 9.17) is 14.2 Å². The lowest BCUT2D eigenvalue weighted by Crippen LogP contribution is -2.35. The van der Waals surface area contributed by atoms with Crippen LogP contribution >= 0.6 is 11.5 Å². The van der Waals surface area contributed by atoms with Gasteiger partial charge < -0.3 is 19.1 Å². The molecule has 1 N–H and O–H groups in total. The highest BCUT2D eigenvalue weighted by molar-refractivity contribution is 7.86. The second kappa shape index (κ2) is 10.6. The number of methoxy groups -OCH3 is 2. The van der Waals surface area contributed by atoms with Crippen LogP contribution in [0.4, 0.5) is 10.7 Å². The number of hydrogen-bond acceptors (Lipinski definition) is 9. The number of morpholine rings is 1. The van der Waals surface area contributed by atoms with E-state index in [0.717, 1.165) is 53.7 Å².